The largest absolute Gasteiger partial charge is 0.481 e. The van der Waals surface area contributed by atoms with Crippen LogP contribution in [0, 0.1) is 17.8 Å². The molecule has 3 atom stereocenters. The SMILES string of the molecule is CC(CC1CC1)NCC1CCCCC1C(=O)O. The van der Waals surface area contributed by atoms with Crippen molar-refractivity contribution >= 4 is 5.97 Å². The number of aliphatic carboxylic acids is 1. The van der Waals surface area contributed by atoms with Gasteiger partial charge in [0.1, 0.15) is 0 Å². The number of nitrogens with one attached hydrogen (secondary N) is 1. The Morgan fingerprint density at radius 1 is 1.29 bits per heavy atom. The summed E-state index contributed by atoms with van der Waals surface area (Å²) in [4.78, 5) is 11.2. The number of carbonyl (C=O) groups is 1. The van der Waals surface area contributed by atoms with Gasteiger partial charge in [-0.05, 0) is 44.6 Å². The summed E-state index contributed by atoms with van der Waals surface area (Å²) in [6, 6.07) is 0.555. The predicted molar refractivity (Wildman–Crippen MR) is 67.9 cm³/mol. The lowest BCUT2D eigenvalue weighted by atomic mass is 9.79. The molecule has 17 heavy (non-hydrogen) atoms. The Balaban J connectivity index is 1.73. The van der Waals surface area contributed by atoms with Crippen LogP contribution >= 0.6 is 0 Å². The number of rotatable bonds is 6. The fourth-order valence-electron chi connectivity index (χ4n) is 3.07. The molecule has 0 aliphatic heterocycles. The van der Waals surface area contributed by atoms with Gasteiger partial charge in [0.2, 0.25) is 0 Å². The first-order chi connectivity index (χ1) is 8.16. The fourth-order valence-corrected chi connectivity index (χ4v) is 3.07. The zero-order valence-electron chi connectivity index (χ0n) is 10.8. The molecular weight excluding hydrogens is 214 g/mol. The van der Waals surface area contributed by atoms with E-state index in [-0.39, 0.29) is 5.92 Å². The maximum atomic E-state index is 11.2. The highest BCUT2D eigenvalue weighted by Crippen LogP contribution is 2.34. The van der Waals surface area contributed by atoms with Crippen molar-refractivity contribution in [3.8, 4) is 0 Å². The highest BCUT2D eigenvalue weighted by Gasteiger charge is 2.31. The molecular formula is C14H25NO2. The van der Waals surface area contributed by atoms with Gasteiger partial charge in [0.25, 0.3) is 0 Å². The van der Waals surface area contributed by atoms with Gasteiger partial charge in [-0.2, -0.15) is 0 Å². The summed E-state index contributed by atoms with van der Waals surface area (Å²) in [5.41, 5.74) is 0. The van der Waals surface area contributed by atoms with E-state index in [1.807, 2.05) is 0 Å². The van der Waals surface area contributed by atoms with E-state index in [0.717, 1.165) is 31.7 Å². The van der Waals surface area contributed by atoms with Crippen LogP contribution < -0.4 is 5.32 Å². The van der Waals surface area contributed by atoms with E-state index in [9.17, 15) is 9.90 Å². The number of carboxylic acids is 1. The molecule has 2 aliphatic carbocycles. The second kappa shape index (κ2) is 5.85. The molecule has 0 aromatic rings. The summed E-state index contributed by atoms with van der Waals surface area (Å²) in [7, 11) is 0. The summed E-state index contributed by atoms with van der Waals surface area (Å²) >= 11 is 0. The van der Waals surface area contributed by atoms with Crippen LogP contribution in [0.3, 0.4) is 0 Å². The molecule has 2 N–H and O–H groups in total. The van der Waals surface area contributed by atoms with Crippen molar-refractivity contribution in [2.75, 3.05) is 6.54 Å². The molecule has 0 aromatic heterocycles. The third kappa shape index (κ3) is 3.98. The van der Waals surface area contributed by atoms with Gasteiger partial charge < -0.3 is 10.4 Å². The van der Waals surface area contributed by atoms with Gasteiger partial charge in [0, 0.05) is 6.04 Å². The van der Waals surface area contributed by atoms with Gasteiger partial charge in [-0.25, -0.2) is 0 Å². The summed E-state index contributed by atoms with van der Waals surface area (Å²) in [6.45, 7) is 3.13. The molecule has 0 amide bonds. The third-order valence-electron chi connectivity index (χ3n) is 4.34. The molecule has 0 heterocycles. The summed E-state index contributed by atoms with van der Waals surface area (Å²) in [6.07, 6.45) is 8.31. The van der Waals surface area contributed by atoms with Gasteiger partial charge in [-0.3, -0.25) is 4.79 Å². The van der Waals surface area contributed by atoms with Crippen molar-refractivity contribution in [1.29, 1.82) is 0 Å². The first-order valence-corrected chi connectivity index (χ1v) is 7.13. The first kappa shape index (κ1) is 12.9. The minimum atomic E-state index is -0.591. The van der Waals surface area contributed by atoms with E-state index in [2.05, 4.69) is 12.2 Å². The smallest absolute Gasteiger partial charge is 0.306 e. The van der Waals surface area contributed by atoms with E-state index in [0.29, 0.717) is 12.0 Å². The highest BCUT2D eigenvalue weighted by atomic mass is 16.4. The maximum Gasteiger partial charge on any atom is 0.306 e. The zero-order valence-corrected chi connectivity index (χ0v) is 10.8. The molecule has 3 nitrogen and oxygen atoms in total. The number of hydrogen-bond acceptors (Lipinski definition) is 2. The van der Waals surface area contributed by atoms with Crippen molar-refractivity contribution in [2.45, 2.75) is 57.9 Å². The molecule has 0 spiro atoms. The van der Waals surface area contributed by atoms with E-state index >= 15 is 0 Å². The summed E-state index contributed by atoms with van der Waals surface area (Å²) in [5.74, 6) is 0.595. The molecule has 98 valence electrons. The zero-order chi connectivity index (χ0) is 12.3. The first-order valence-electron chi connectivity index (χ1n) is 7.13. The quantitative estimate of drug-likeness (QED) is 0.749. The molecule has 3 unspecified atom stereocenters. The molecule has 2 rings (SSSR count). The summed E-state index contributed by atoms with van der Waals surface area (Å²) in [5, 5.41) is 12.7. The lowest BCUT2D eigenvalue weighted by Crippen LogP contribution is -2.38. The Bertz CT molecular complexity index is 263. The van der Waals surface area contributed by atoms with Crippen LogP contribution in [0.5, 0.6) is 0 Å². The Kier molecular flexibility index (Phi) is 4.43. The Hall–Kier alpha value is -0.570. The fraction of sp³-hybridized carbons (Fsp3) is 0.929. The van der Waals surface area contributed by atoms with E-state index in [4.69, 9.17) is 0 Å². The standard InChI is InChI=1S/C14H25NO2/c1-10(8-11-6-7-11)15-9-12-4-2-3-5-13(12)14(16)17/h10-13,15H,2-9H2,1H3,(H,16,17). The van der Waals surface area contributed by atoms with Crippen molar-refractivity contribution in [3.63, 3.8) is 0 Å². The minimum Gasteiger partial charge on any atom is -0.481 e. The lowest BCUT2D eigenvalue weighted by molar-refractivity contribution is -0.144. The van der Waals surface area contributed by atoms with Crippen LogP contribution in [-0.2, 0) is 4.79 Å². The molecule has 0 aromatic carbocycles. The molecule has 0 saturated heterocycles. The third-order valence-corrected chi connectivity index (χ3v) is 4.34. The monoisotopic (exact) mass is 239 g/mol. The Morgan fingerprint density at radius 2 is 2.00 bits per heavy atom. The molecule has 0 bridgehead atoms. The van der Waals surface area contributed by atoms with Gasteiger partial charge in [-0.15, -0.1) is 0 Å². The van der Waals surface area contributed by atoms with Crippen LogP contribution in [0.15, 0.2) is 0 Å². The molecule has 2 saturated carbocycles. The topological polar surface area (TPSA) is 49.3 Å². The molecule has 0 radical (unpaired) electrons. The molecule has 2 aliphatic rings. The van der Waals surface area contributed by atoms with E-state index in [1.54, 1.807) is 0 Å². The van der Waals surface area contributed by atoms with Gasteiger partial charge >= 0.3 is 5.97 Å². The van der Waals surface area contributed by atoms with Gasteiger partial charge in [0.15, 0.2) is 0 Å². The van der Waals surface area contributed by atoms with Crippen LogP contribution in [0.4, 0.5) is 0 Å². The van der Waals surface area contributed by atoms with Gasteiger partial charge in [0.05, 0.1) is 5.92 Å². The van der Waals surface area contributed by atoms with Crippen molar-refractivity contribution < 1.29 is 9.90 Å². The van der Waals surface area contributed by atoms with Crippen LogP contribution in [0.2, 0.25) is 0 Å². The maximum absolute atomic E-state index is 11.2. The average Bonchev–Trinajstić information content (AvgIpc) is 3.10. The summed E-state index contributed by atoms with van der Waals surface area (Å²) < 4.78 is 0. The minimum absolute atomic E-state index is 0.107. The second-order valence-corrected chi connectivity index (χ2v) is 5.98. The lowest BCUT2D eigenvalue weighted by Gasteiger charge is -2.29. The molecule has 3 heteroatoms. The van der Waals surface area contributed by atoms with Crippen LogP contribution in [0.25, 0.3) is 0 Å². The molecule has 2 fully saturated rings. The number of carboxylic acid groups (broad SMARTS) is 1. The second-order valence-electron chi connectivity index (χ2n) is 5.98. The van der Waals surface area contributed by atoms with Crippen LogP contribution in [-0.4, -0.2) is 23.7 Å². The van der Waals surface area contributed by atoms with Crippen molar-refractivity contribution in [3.05, 3.63) is 0 Å². The van der Waals surface area contributed by atoms with E-state index in [1.165, 1.54) is 25.7 Å². The van der Waals surface area contributed by atoms with Crippen molar-refractivity contribution in [2.24, 2.45) is 17.8 Å². The van der Waals surface area contributed by atoms with Crippen molar-refractivity contribution in [1.82, 2.24) is 5.32 Å². The highest BCUT2D eigenvalue weighted by molar-refractivity contribution is 5.70. The van der Waals surface area contributed by atoms with Crippen LogP contribution in [0.1, 0.15) is 51.9 Å². The van der Waals surface area contributed by atoms with Gasteiger partial charge in [-0.1, -0.05) is 25.7 Å². The average molecular weight is 239 g/mol. The number of hydrogen-bond donors (Lipinski definition) is 2. The normalized spacial score (nSPS) is 31.1. The predicted octanol–water partition coefficient (Wildman–Crippen LogP) is 2.66. The Morgan fingerprint density at radius 3 is 2.65 bits per heavy atom. The van der Waals surface area contributed by atoms with E-state index < -0.39 is 5.97 Å². The Labute approximate surface area is 104 Å².